The van der Waals surface area contributed by atoms with Crippen LogP contribution in [0.15, 0.2) is 18.2 Å². The average Bonchev–Trinajstić information content (AvgIpc) is 2.68. The summed E-state index contributed by atoms with van der Waals surface area (Å²) in [6.45, 7) is 4.52. The predicted molar refractivity (Wildman–Crippen MR) is 81.2 cm³/mol. The van der Waals surface area contributed by atoms with Crippen molar-refractivity contribution < 1.29 is 17.9 Å². The van der Waals surface area contributed by atoms with Gasteiger partial charge in [-0.2, -0.15) is 0 Å². The highest BCUT2D eigenvalue weighted by atomic mass is 32.2. The van der Waals surface area contributed by atoms with Gasteiger partial charge in [-0.3, -0.25) is 0 Å². The Bertz CT molecular complexity index is 560. The van der Waals surface area contributed by atoms with E-state index >= 15 is 0 Å². The molecule has 1 aromatic rings. The number of hydrogen-bond donors (Lipinski definition) is 2. The summed E-state index contributed by atoms with van der Waals surface area (Å²) >= 11 is 0. The van der Waals surface area contributed by atoms with E-state index in [1.807, 2.05) is 18.2 Å². The van der Waals surface area contributed by atoms with E-state index in [0.29, 0.717) is 32.8 Å². The van der Waals surface area contributed by atoms with Gasteiger partial charge in [0.05, 0.1) is 19.0 Å². The maximum Gasteiger partial charge on any atom is 0.212 e. The SMILES string of the molecule is CCNS(=O)(=O)CCNCc1ccc2c(c1)OCCCO2. The molecular formula is C14H22N2O4S. The molecule has 0 saturated heterocycles. The second-order valence-corrected chi connectivity index (χ2v) is 6.75. The Balaban J connectivity index is 1.82. The highest BCUT2D eigenvalue weighted by Crippen LogP contribution is 2.30. The van der Waals surface area contributed by atoms with Crippen molar-refractivity contribution in [2.45, 2.75) is 19.9 Å². The number of hydrogen-bond acceptors (Lipinski definition) is 5. The van der Waals surface area contributed by atoms with Gasteiger partial charge in [-0.05, 0) is 17.7 Å². The zero-order valence-electron chi connectivity index (χ0n) is 12.2. The van der Waals surface area contributed by atoms with Crippen LogP contribution in [-0.2, 0) is 16.6 Å². The monoisotopic (exact) mass is 314 g/mol. The highest BCUT2D eigenvalue weighted by molar-refractivity contribution is 7.89. The minimum atomic E-state index is -3.16. The number of fused-ring (bicyclic) bond motifs is 1. The maximum absolute atomic E-state index is 11.5. The fraction of sp³-hybridized carbons (Fsp3) is 0.571. The van der Waals surface area contributed by atoms with Gasteiger partial charge in [0.25, 0.3) is 0 Å². The van der Waals surface area contributed by atoms with Gasteiger partial charge >= 0.3 is 0 Å². The third kappa shape index (κ3) is 5.18. The molecule has 2 N–H and O–H groups in total. The largest absolute Gasteiger partial charge is 0.490 e. The van der Waals surface area contributed by atoms with E-state index in [0.717, 1.165) is 23.5 Å². The lowest BCUT2D eigenvalue weighted by molar-refractivity contribution is 0.297. The van der Waals surface area contributed by atoms with Crippen molar-refractivity contribution in [1.82, 2.24) is 10.0 Å². The van der Waals surface area contributed by atoms with E-state index < -0.39 is 10.0 Å². The van der Waals surface area contributed by atoms with Crippen molar-refractivity contribution in [2.24, 2.45) is 0 Å². The molecule has 0 aromatic heterocycles. The van der Waals surface area contributed by atoms with E-state index in [9.17, 15) is 8.42 Å². The van der Waals surface area contributed by atoms with Crippen LogP contribution in [0.5, 0.6) is 11.5 Å². The van der Waals surface area contributed by atoms with E-state index in [4.69, 9.17) is 9.47 Å². The normalized spacial score (nSPS) is 14.7. The summed E-state index contributed by atoms with van der Waals surface area (Å²) < 4.78 is 36.6. The first kappa shape index (κ1) is 16.1. The van der Waals surface area contributed by atoms with Crippen molar-refractivity contribution in [1.29, 1.82) is 0 Å². The summed E-state index contributed by atoms with van der Waals surface area (Å²) in [5.74, 6) is 1.60. The van der Waals surface area contributed by atoms with Crippen LogP contribution in [0.3, 0.4) is 0 Å². The minimum Gasteiger partial charge on any atom is -0.490 e. The highest BCUT2D eigenvalue weighted by Gasteiger charge is 2.11. The second kappa shape index (κ2) is 7.63. The number of ether oxygens (including phenoxy) is 2. The van der Waals surface area contributed by atoms with Crippen LogP contribution in [0.25, 0.3) is 0 Å². The van der Waals surface area contributed by atoms with Gasteiger partial charge in [0, 0.05) is 26.1 Å². The van der Waals surface area contributed by atoms with E-state index in [1.54, 1.807) is 6.92 Å². The third-order valence-corrected chi connectivity index (χ3v) is 4.52. The molecule has 0 fully saturated rings. The van der Waals surface area contributed by atoms with E-state index in [2.05, 4.69) is 10.0 Å². The first-order chi connectivity index (χ1) is 10.1. The number of nitrogens with one attached hydrogen (secondary N) is 2. The Labute approximate surface area is 125 Å². The standard InChI is InChI=1S/C14H22N2O4S/c1-2-16-21(17,18)9-6-15-11-12-4-5-13-14(10-12)20-8-3-7-19-13/h4-5,10,15-16H,2-3,6-9,11H2,1H3. The topological polar surface area (TPSA) is 76.7 Å². The molecule has 1 aliphatic heterocycles. The maximum atomic E-state index is 11.5. The Morgan fingerprint density at radius 2 is 1.95 bits per heavy atom. The zero-order valence-corrected chi connectivity index (χ0v) is 13.0. The molecule has 0 atom stereocenters. The van der Waals surface area contributed by atoms with Crippen molar-refractivity contribution in [2.75, 3.05) is 32.1 Å². The van der Waals surface area contributed by atoms with Gasteiger partial charge in [-0.1, -0.05) is 13.0 Å². The van der Waals surface area contributed by atoms with Gasteiger partial charge in [0.15, 0.2) is 11.5 Å². The first-order valence-electron chi connectivity index (χ1n) is 7.17. The van der Waals surface area contributed by atoms with Crippen LogP contribution < -0.4 is 19.5 Å². The quantitative estimate of drug-likeness (QED) is 0.731. The summed E-state index contributed by atoms with van der Waals surface area (Å²) in [6, 6.07) is 5.79. The molecule has 0 aliphatic carbocycles. The van der Waals surface area contributed by atoms with E-state index in [-0.39, 0.29) is 5.75 Å². The minimum absolute atomic E-state index is 0.0748. The Morgan fingerprint density at radius 3 is 2.71 bits per heavy atom. The molecule has 2 rings (SSSR count). The first-order valence-corrected chi connectivity index (χ1v) is 8.82. The number of rotatable bonds is 7. The van der Waals surface area contributed by atoms with Crippen LogP contribution >= 0.6 is 0 Å². The second-order valence-electron chi connectivity index (χ2n) is 4.83. The summed E-state index contributed by atoms with van der Waals surface area (Å²) in [7, 11) is -3.16. The van der Waals surface area contributed by atoms with Crippen molar-refractivity contribution in [3.63, 3.8) is 0 Å². The van der Waals surface area contributed by atoms with Crippen LogP contribution in [0.1, 0.15) is 18.9 Å². The summed E-state index contributed by atoms with van der Waals surface area (Å²) in [4.78, 5) is 0. The molecule has 0 amide bonds. The third-order valence-electron chi connectivity index (χ3n) is 3.05. The Morgan fingerprint density at radius 1 is 1.19 bits per heavy atom. The summed E-state index contributed by atoms with van der Waals surface area (Å²) in [5, 5.41) is 3.12. The molecule has 1 aliphatic rings. The molecule has 0 radical (unpaired) electrons. The molecular weight excluding hydrogens is 292 g/mol. The van der Waals surface area contributed by atoms with Gasteiger partial charge in [0.2, 0.25) is 10.0 Å². The van der Waals surface area contributed by atoms with Crippen molar-refractivity contribution in [3.05, 3.63) is 23.8 Å². The van der Waals surface area contributed by atoms with Gasteiger partial charge in [0.1, 0.15) is 0 Å². The number of benzene rings is 1. The smallest absolute Gasteiger partial charge is 0.212 e. The average molecular weight is 314 g/mol. The molecule has 1 heterocycles. The van der Waals surface area contributed by atoms with Crippen LogP contribution in [0, 0.1) is 0 Å². The van der Waals surface area contributed by atoms with E-state index in [1.165, 1.54) is 0 Å². The molecule has 7 heteroatoms. The fourth-order valence-electron chi connectivity index (χ4n) is 2.05. The molecule has 0 spiro atoms. The van der Waals surface area contributed by atoms with Crippen LogP contribution in [0.4, 0.5) is 0 Å². The lowest BCUT2D eigenvalue weighted by Gasteiger charge is -2.10. The molecule has 0 bridgehead atoms. The number of sulfonamides is 1. The van der Waals surface area contributed by atoms with Gasteiger partial charge < -0.3 is 14.8 Å². The van der Waals surface area contributed by atoms with Crippen LogP contribution in [0.2, 0.25) is 0 Å². The summed E-state index contributed by atoms with van der Waals surface area (Å²) in [6.07, 6.45) is 0.880. The molecule has 21 heavy (non-hydrogen) atoms. The van der Waals surface area contributed by atoms with Gasteiger partial charge in [-0.25, -0.2) is 13.1 Å². The Hall–Kier alpha value is -1.31. The van der Waals surface area contributed by atoms with Crippen molar-refractivity contribution in [3.8, 4) is 11.5 Å². The van der Waals surface area contributed by atoms with Gasteiger partial charge in [-0.15, -0.1) is 0 Å². The molecule has 0 saturated carbocycles. The summed E-state index contributed by atoms with van der Waals surface area (Å²) in [5.41, 5.74) is 1.04. The fourth-order valence-corrected chi connectivity index (χ4v) is 3.05. The Kier molecular flexibility index (Phi) is 5.84. The lowest BCUT2D eigenvalue weighted by atomic mass is 10.2. The van der Waals surface area contributed by atoms with Crippen LogP contribution in [-0.4, -0.2) is 40.5 Å². The molecule has 118 valence electrons. The lowest BCUT2D eigenvalue weighted by Crippen LogP contribution is -2.31. The zero-order chi connectivity index (χ0) is 15.1. The molecule has 1 aromatic carbocycles. The molecule has 6 nitrogen and oxygen atoms in total. The predicted octanol–water partition coefficient (Wildman–Crippen LogP) is 0.877. The van der Waals surface area contributed by atoms with Crippen molar-refractivity contribution >= 4 is 10.0 Å². The molecule has 0 unspecified atom stereocenters.